The minimum atomic E-state index is 0.731. The molecule has 6 rings (SSSR count). The number of aryl methyl sites for hydroxylation is 5. The van der Waals surface area contributed by atoms with E-state index in [0.29, 0.717) is 0 Å². The summed E-state index contributed by atoms with van der Waals surface area (Å²) in [6, 6.07) is 13.1. The molecule has 3 nitrogen and oxygen atoms in total. The third kappa shape index (κ3) is 1.87. The van der Waals surface area contributed by atoms with E-state index in [4.69, 9.17) is 6.57 Å². The molecule has 0 amide bonds. The highest BCUT2D eigenvalue weighted by molar-refractivity contribution is 6.30. The van der Waals surface area contributed by atoms with Crippen LogP contribution in [0.3, 0.4) is 0 Å². The van der Waals surface area contributed by atoms with Gasteiger partial charge >= 0.3 is 0 Å². The Kier molecular flexibility index (Phi) is 3.15. The van der Waals surface area contributed by atoms with E-state index in [2.05, 4.69) is 91.2 Å². The SMILES string of the molecule is [C-]#[N+]c1cc2cc[n+](C)c3c4c(C)c(C)cc(C)c4n4c5cc(C)ccc5c1c4c23. The van der Waals surface area contributed by atoms with Gasteiger partial charge < -0.3 is 4.40 Å². The zero-order chi connectivity index (χ0) is 20.9. The van der Waals surface area contributed by atoms with Gasteiger partial charge in [0.05, 0.1) is 33.9 Å². The molecule has 0 radical (unpaired) electrons. The fourth-order valence-corrected chi connectivity index (χ4v) is 5.42. The summed E-state index contributed by atoms with van der Waals surface area (Å²) in [5.74, 6) is 0. The molecule has 3 aromatic carbocycles. The molecule has 0 aliphatic rings. The van der Waals surface area contributed by atoms with Crippen LogP contribution in [0.5, 0.6) is 0 Å². The number of rotatable bonds is 0. The van der Waals surface area contributed by atoms with Crippen molar-refractivity contribution >= 4 is 54.7 Å². The molecule has 0 aliphatic carbocycles. The third-order valence-corrected chi connectivity index (χ3v) is 6.86. The monoisotopic (exact) mass is 388 g/mol. The summed E-state index contributed by atoms with van der Waals surface area (Å²) in [5, 5.41) is 5.92. The zero-order valence-electron chi connectivity index (χ0n) is 17.9. The number of fused-ring (bicyclic) bond motifs is 6. The van der Waals surface area contributed by atoms with Crippen LogP contribution >= 0.6 is 0 Å². The van der Waals surface area contributed by atoms with Crippen LogP contribution in [-0.4, -0.2) is 4.40 Å². The number of benzene rings is 3. The first kappa shape index (κ1) is 17.2. The zero-order valence-corrected chi connectivity index (χ0v) is 17.9. The lowest BCUT2D eigenvalue weighted by molar-refractivity contribution is -0.643. The highest BCUT2D eigenvalue weighted by Gasteiger charge is 2.26. The van der Waals surface area contributed by atoms with Crippen molar-refractivity contribution in [2.24, 2.45) is 7.05 Å². The predicted molar refractivity (Wildman–Crippen MR) is 125 cm³/mol. The molecule has 0 bridgehead atoms. The van der Waals surface area contributed by atoms with Gasteiger partial charge in [-0.05, 0) is 72.9 Å². The van der Waals surface area contributed by atoms with Gasteiger partial charge in [0.2, 0.25) is 5.52 Å². The molecule has 0 aliphatic heterocycles. The molecule has 3 heterocycles. The van der Waals surface area contributed by atoms with Crippen molar-refractivity contribution in [1.82, 2.24) is 4.40 Å². The molecule has 0 N–H and O–H groups in total. The summed E-state index contributed by atoms with van der Waals surface area (Å²) in [6.45, 7) is 16.7. The summed E-state index contributed by atoms with van der Waals surface area (Å²) in [6.07, 6.45) is 2.13. The summed E-state index contributed by atoms with van der Waals surface area (Å²) < 4.78 is 4.68. The Bertz CT molecular complexity index is 1740. The predicted octanol–water partition coefficient (Wildman–Crippen LogP) is 6.60. The van der Waals surface area contributed by atoms with Crippen LogP contribution in [0, 0.1) is 34.3 Å². The van der Waals surface area contributed by atoms with Gasteiger partial charge in [-0.2, -0.15) is 0 Å². The lowest BCUT2D eigenvalue weighted by Crippen LogP contribution is -2.29. The van der Waals surface area contributed by atoms with Gasteiger partial charge in [-0.15, -0.1) is 0 Å². The van der Waals surface area contributed by atoms with Crippen LogP contribution < -0.4 is 4.57 Å². The number of hydrogen-bond acceptors (Lipinski definition) is 0. The smallest absolute Gasteiger partial charge is 0.224 e. The van der Waals surface area contributed by atoms with Gasteiger partial charge in [-0.25, -0.2) is 9.41 Å². The molecule has 0 spiro atoms. The van der Waals surface area contributed by atoms with Crippen LogP contribution in [0.15, 0.2) is 42.6 Å². The largest absolute Gasteiger partial charge is 0.309 e. The normalized spacial score (nSPS) is 12.1. The van der Waals surface area contributed by atoms with Gasteiger partial charge in [-0.3, -0.25) is 0 Å². The number of hydrogen-bond donors (Lipinski definition) is 0. The molecule has 0 atom stereocenters. The van der Waals surface area contributed by atoms with Crippen molar-refractivity contribution in [2.45, 2.75) is 27.7 Å². The fourth-order valence-electron chi connectivity index (χ4n) is 5.42. The summed E-state index contributed by atoms with van der Waals surface area (Å²) in [4.78, 5) is 3.95. The van der Waals surface area contributed by atoms with Crippen molar-refractivity contribution < 1.29 is 4.57 Å². The van der Waals surface area contributed by atoms with Crippen molar-refractivity contribution in [3.8, 4) is 0 Å². The highest BCUT2D eigenvalue weighted by Crippen LogP contribution is 2.46. The van der Waals surface area contributed by atoms with Gasteiger partial charge in [-0.1, -0.05) is 18.2 Å². The van der Waals surface area contributed by atoms with Crippen LogP contribution in [0.2, 0.25) is 0 Å². The quantitative estimate of drug-likeness (QED) is 0.120. The number of pyridine rings is 2. The van der Waals surface area contributed by atoms with E-state index in [1.807, 2.05) is 0 Å². The van der Waals surface area contributed by atoms with Crippen molar-refractivity contribution in [1.29, 1.82) is 0 Å². The van der Waals surface area contributed by atoms with E-state index >= 15 is 0 Å². The van der Waals surface area contributed by atoms with Gasteiger partial charge in [0.15, 0.2) is 11.9 Å². The first-order chi connectivity index (χ1) is 14.4. The van der Waals surface area contributed by atoms with E-state index in [1.54, 1.807) is 0 Å². The maximum Gasteiger partial charge on any atom is 0.224 e. The van der Waals surface area contributed by atoms with Crippen LogP contribution in [0.25, 0.3) is 53.8 Å². The molecular formula is C27H22N3+. The Balaban J connectivity index is 2.18. The lowest BCUT2D eigenvalue weighted by Gasteiger charge is -2.16. The Morgan fingerprint density at radius 2 is 1.67 bits per heavy atom. The van der Waals surface area contributed by atoms with Crippen molar-refractivity contribution in [3.63, 3.8) is 0 Å². The Morgan fingerprint density at radius 3 is 2.43 bits per heavy atom. The standard InChI is InChI=1S/C27H22N3/c1-14-7-8-19-21(11-14)30-25-16(3)12-15(2)17(4)22(25)26-23-18(9-10-29(26)6)13-20(28-5)24(19)27(23)30/h7-13H,1-4,6H3/q+1. The first-order valence-corrected chi connectivity index (χ1v) is 10.3. The molecule has 0 unspecified atom stereocenters. The third-order valence-electron chi connectivity index (χ3n) is 6.86. The molecule has 30 heavy (non-hydrogen) atoms. The van der Waals surface area contributed by atoms with E-state index in [-0.39, 0.29) is 0 Å². The molecule has 6 aromatic rings. The minimum Gasteiger partial charge on any atom is -0.309 e. The summed E-state index contributed by atoms with van der Waals surface area (Å²) in [7, 11) is 2.13. The molecule has 3 heteroatoms. The maximum atomic E-state index is 7.90. The Labute approximate surface area is 174 Å². The van der Waals surface area contributed by atoms with E-state index in [1.165, 1.54) is 55.1 Å². The second-order valence-electron chi connectivity index (χ2n) is 8.69. The maximum absolute atomic E-state index is 7.90. The molecule has 0 fully saturated rings. The molecular weight excluding hydrogens is 366 g/mol. The Morgan fingerprint density at radius 1 is 0.867 bits per heavy atom. The minimum absolute atomic E-state index is 0.731. The lowest BCUT2D eigenvalue weighted by atomic mass is 9.95. The summed E-state index contributed by atoms with van der Waals surface area (Å²) in [5.41, 5.74) is 10.7. The van der Waals surface area contributed by atoms with Crippen molar-refractivity contribution in [2.75, 3.05) is 0 Å². The highest BCUT2D eigenvalue weighted by atomic mass is 15.0. The van der Waals surface area contributed by atoms with E-state index in [0.717, 1.165) is 21.8 Å². The molecule has 0 saturated carbocycles. The average Bonchev–Trinajstić information content (AvgIpc) is 3.06. The second kappa shape index (κ2) is 5.49. The van der Waals surface area contributed by atoms with Gasteiger partial charge in [0, 0.05) is 11.5 Å². The average molecular weight is 388 g/mol. The van der Waals surface area contributed by atoms with Crippen LogP contribution in [-0.2, 0) is 7.05 Å². The summed E-state index contributed by atoms with van der Waals surface area (Å²) >= 11 is 0. The van der Waals surface area contributed by atoms with Crippen molar-refractivity contribution in [3.05, 3.63) is 76.3 Å². The van der Waals surface area contributed by atoms with E-state index in [9.17, 15) is 0 Å². The molecule has 144 valence electrons. The number of aromatic nitrogens is 2. The molecule has 0 saturated heterocycles. The first-order valence-electron chi connectivity index (χ1n) is 10.3. The second-order valence-corrected chi connectivity index (χ2v) is 8.69. The fraction of sp³-hybridized carbons (Fsp3) is 0.185. The van der Waals surface area contributed by atoms with Gasteiger partial charge in [0.1, 0.15) is 7.05 Å². The van der Waals surface area contributed by atoms with E-state index < -0.39 is 0 Å². The van der Waals surface area contributed by atoms with Crippen LogP contribution in [0.4, 0.5) is 5.69 Å². The molecule has 3 aromatic heterocycles. The Hall–Kier alpha value is -3.64. The number of nitrogens with zero attached hydrogens (tertiary/aromatic N) is 3. The topological polar surface area (TPSA) is 12.7 Å². The van der Waals surface area contributed by atoms with Crippen LogP contribution in [0.1, 0.15) is 22.3 Å². The van der Waals surface area contributed by atoms with Gasteiger partial charge in [0.25, 0.3) is 0 Å².